The predicted octanol–water partition coefficient (Wildman–Crippen LogP) is 1.98. The Hall–Kier alpha value is -1.64. The first-order chi connectivity index (χ1) is 7.29. The number of hydrogen-bond donors (Lipinski definition) is 1. The Balaban J connectivity index is 2.20. The molecule has 3 heteroatoms. The van der Waals surface area contributed by atoms with Gasteiger partial charge in [0.2, 0.25) is 0 Å². The van der Waals surface area contributed by atoms with Crippen molar-refractivity contribution in [3.05, 3.63) is 41.9 Å². The highest BCUT2D eigenvalue weighted by atomic mass is 16.1. The molecule has 1 aliphatic heterocycles. The molecular formula is C12H14N2O. The number of hydrogen-bond acceptors (Lipinski definition) is 3. The van der Waals surface area contributed by atoms with Gasteiger partial charge in [-0.1, -0.05) is 13.0 Å². The maximum atomic E-state index is 11.5. The number of nitrogens with zero attached hydrogens (tertiary/aromatic N) is 1. The van der Waals surface area contributed by atoms with Crippen LogP contribution in [0.1, 0.15) is 31.4 Å². The summed E-state index contributed by atoms with van der Waals surface area (Å²) in [4.78, 5) is 15.5. The molecule has 0 radical (unpaired) electrons. The Kier molecular flexibility index (Phi) is 2.81. The topological polar surface area (TPSA) is 42.0 Å². The molecule has 0 spiro atoms. The van der Waals surface area contributed by atoms with Gasteiger partial charge in [0, 0.05) is 30.6 Å². The molecule has 1 aromatic heterocycles. The molecule has 1 aromatic rings. The molecule has 0 fully saturated rings. The second-order valence-corrected chi connectivity index (χ2v) is 3.68. The zero-order valence-corrected chi connectivity index (χ0v) is 8.73. The van der Waals surface area contributed by atoms with Crippen LogP contribution in [0.3, 0.4) is 0 Å². The van der Waals surface area contributed by atoms with Crippen LogP contribution in [-0.4, -0.2) is 10.8 Å². The fourth-order valence-electron chi connectivity index (χ4n) is 1.76. The number of pyridine rings is 1. The third-order valence-electron chi connectivity index (χ3n) is 2.57. The summed E-state index contributed by atoms with van der Waals surface area (Å²) in [5.41, 5.74) is 2.09. The minimum atomic E-state index is 0.0890. The molecule has 0 saturated heterocycles. The maximum Gasteiger partial charge on any atom is 0.159 e. The lowest BCUT2D eigenvalue weighted by molar-refractivity contribution is -0.115. The van der Waals surface area contributed by atoms with Gasteiger partial charge in [-0.2, -0.15) is 0 Å². The van der Waals surface area contributed by atoms with Crippen molar-refractivity contribution in [2.75, 3.05) is 0 Å². The van der Waals surface area contributed by atoms with Crippen LogP contribution < -0.4 is 5.32 Å². The van der Waals surface area contributed by atoms with Crippen molar-refractivity contribution in [3.63, 3.8) is 0 Å². The minimum absolute atomic E-state index is 0.0890. The SMILES string of the molecule is CCC1=CC(=O)CC(c2cccnc2)N1. The van der Waals surface area contributed by atoms with Gasteiger partial charge in [0.05, 0.1) is 6.04 Å². The van der Waals surface area contributed by atoms with Crippen LogP contribution in [0.25, 0.3) is 0 Å². The summed E-state index contributed by atoms with van der Waals surface area (Å²) in [6.07, 6.45) is 6.64. The molecule has 0 bridgehead atoms. The van der Waals surface area contributed by atoms with Crippen molar-refractivity contribution in [2.24, 2.45) is 0 Å². The summed E-state index contributed by atoms with van der Waals surface area (Å²) in [6.45, 7) is 2.04. The van der Waals surface area contributed by atoms with Crippen molar-refractivity contribution in [1.29, 1.82) is 0 Å². The first-order valence-corrected chi connectivity index (χ1v) is 5.19. The summed E-state index contributed by atoms with van der Waals surface area (Å²) in [5, 5.41) is 3.35. The van der Waals surface area contributed by atoms with E-state index in [0.29, 0.717) is 6.42 Å². The third-order valence-corrected chi connectivity index (χ3v) is 2.57. The summed E-state index contributed by atoms with van der Waals surface area (Å²) < 4.78 is 0. The molecule has 2 rings (SSSR count). The fraction of sp³-hybridized carbons (Fsp3) is 0.333. The average Bonchev–Trinajstić information content (AvgIpc) is 2.29. The van der Waals surface area contributed by atoms with E-state index in [4.69, 9.17) is 0 Å². The van der Waals surface area contributed by atoms with E-state index >= 15 is 0 Å². The zero-order valence-electron chi connectivity index (χ0n) is 8.73. The highest BCUT2D eigenvalue weighted by Crippen LogP contribution is 2.22. The largest absolute Gasteiger partial charge is 0.381 e. The van der Waals surface area contributed by atoms with Gasteiger partial charge in [-0.3, -0.25) is 9.78 Å². The van der Waals surface area contributed by atoms with Crippen LogP contribution in [0.5, 0.6) is 0 Å². The number of carbonyl (C=O) groups is 1. The lowest BCUT2D eigenvalue weighted by Gasteiger charge is -2.24. The molecule has 15 heavy (non-hydrogen) atoms. The molecule has 2 heterocycles. The Morgan fingerprint density at radius 3 is 3.13 bits per heavy atom. The number of carbonyl (C=O) groups excluding carboxylic acids is 1. The zero-order chi connectivity index (χ0) is 10.7. The molecule has 78 valence electrons. The van der Waals surface area contributed by atoms with E-state index in [9.17, 15) is 4.79 Å². The van der Waals surface area contributed by atoms with E-state index in [1.807, 2.05) is 25.3 Å². The van der Waals surface area contributed by atoms with Crippen LogP contribution >= 0.6 is 0 Å². The number of ketones is 1. The van der Waals surface area contributed by atoms with Gasteiger partial charge in [-0.15, -0.1) is 0 Å². The standard InChI is InChI=1S/C12H14N2O/c1-2-10-6-11(15)7-12(14-10)9-4-3-5-13-8-9/h3-6,8,12,14H,2,7H2,1H3. The summed E-state index contributed by atoms with van der Waals surface area (Å²) in [7, 11) is 0. The monoisotopic (exact) mass is 202 g/mol. The van der Waals surface area contributed by atoms with Gasteiger partial charge >= 0.3 is 0 Å². The van der Waals surface area contributed by atoms with Gasteiger partial charge in [-0.25, -0.2) is 0 Å². The minimum Gasteiger partial charge on any atom is -0.381 e. The molecule has 1 atom stereocenters. The molecule has 1 N–H and O–H groups in total. The third kappa shape index (κ3) is 2.24. The Morgan fingerprint density at radius 1 is 1.60 bits per heavy atom. The lowest BCUT2D eigenvalue weighted by Crippen LogP contribution is -2.27. The van der Waals surface area contributed by atoms with Crippen LogP contribution in [-0.2, 0) is 4.79 Å². The smallest absolute Gasteiger partial charge is 0.159 e. The van der Waals surface area contributed by atoms with Gasteiger partial charge in [0.25, 0.3) is 0 Å². The van der Waals surface area contributed by atoms with Gasteiger partial charge in [0.15, 0.2) is 5.78 Å². The van der Waals surface area contributed by atoms with Crippen molar-refractivity contribution in [1.82, 2.24) is 10.3 Å². The molecule has 0 aliphatic carbocycles. The van der Waals surface area contributed by atoms with Crippen molar-refractivity contribution >= 4 is 5.78 Å². The molecule has 1 unspecified atom stereocenters. The molecule has 0 saturated carbocycles. The maximum absolute atomic E-state index is 11.5. The number of nitrogens with one attached hydrogen (secondary N) is 1. The second kappa shape index (κ2) is 4.26. The number of rotatable bonds is 2. The Bertz CT molecular complexity index is 384. The Morgan fingerprint density at radius 2 is 2.47 bits per heavy atom. The van der Waals surface area contributed by atoms with E-state index in [0.717, 1.165) is 17.7 Å². The van der Waals surface area contributed by atoms with Crippen LogP contribution in [0, 0.1) is 0 Å². The van der Waals surface area contributed by atoms with E-state index in [2.05, 4.69) is 10.3 Å². The lowest BCUT2D eigenvalue weighted by atomic mass is 9.98. The van der Waals surface area contributed by atoms with E-state index < -0.39 is 0 Å². The van der Waals surface area contributed by atoms with E-state index in [1.54, 1.807) is 12.3 Å². The van der Waals surface area contributed by atoms with E-state index in [1.165, 1.54) is 0 Å². The molecule has 1 aliphatic rings. The second-order valence-electron chi connectivity index (χ2n) is 3.68. The first-order valence-electron chi connectivity index (χ1n) is 5.19. The van der Waals surface area contributed by atoms with E-state index in [-0.39, 0.29) is 11.8 Å². The molecule has 3 nitrogen and oxygen atoms in total. The van der Waals surface area contributed by atoms with Gasteiger partial charge in [-0.05, 0) is 18.1 Å². The number of allylic oxidation sites excluding steroid dienone is 2. The summed E-state index contributed by atoms with van der Waals surface area (Å²) in [6, 6.07) is 3.98. The predicted molar refractivity (Wildman–Crippen MR) is 58.1 cm³/mol. The van der Waals surface area contributed by atoms with Crippen molar-refractivity contribution in [3.8, 4) is 0 Å². The van der Waals surface area contributed by atoms with Crippen LogP contribution in [0.4, 0.5) is 0 Å². The average molecular weight is 202 g/mol. The summed E-state index contributed by atoms with van der Waals surface area (Å²) >= 11 is 0. The summed E-state index contributed by atoms with van der Waals surface area (Å²) in [5.74, 6) is 0.194. The normalized spacial score (nSPS) is 20.7. The van der Waals surface area contributed by atoms with Crippen molar-refractivity contribution in [2.45, 2.75) is 25.8 Å². The van der Waals surface area contributed by atoms with Gasteiger partial charge in [0.1, 0.15) is 0 Å². The van der Waals surface area contributed by atoms with Gasteiger partial charge < -0.3 is 5.32 Å². The molecular weight excluding hydrogens is 188 g/mol. The molecule has 0 aromatic carbocycles. The fourth-order valence-corrected chi connectivity index (χ4v) is 1.76. The molecule has 0 amide bonds. The van der Waals surface area contributed by atoms with Crippen LogP contribution in [0.2, 0.25) is 0 Å². The first kappa shape index (κ1) is 9.90. The highest BCUT2D eigenvalue weighted by molar-refractivity contribution is 5.91. The highest BCUT2D eigenvalue weighted by Gasteiger charge is 2.20. The quantitative estimate of drug-likeness (QED) is 0.797. The number of aromatic nitrogens is 1. The van der Waals surface area contributed by atoms with Crippen molar-refractivity contribution < 1.29 is 4.79 Å². The van der Waals surface area contributed by atoms with Crippen LogP contribution in [0.15, 0.2) is 36.3 Å². The Labute approximate surface area is 89.2 Å².